The summed E-state index contributed by atoms with van der Waals surface area (Å²) in [5.74, 6) is -4.57. The second-order valence-corrected chi connectivity index (χ2v) is 9.62. The molecular formula is C27H17Cl2NO6. The minimum atomic E-state index is -2.18. The molecule has 180 valence electrons. The Morgan fingerprint density at radius 3 is 2.08 bits per heavy atom. The molecule has 1 spiro atoms. The molecule has 2 aliphatic heterocycles. The number of ether oxygens (including phenoxy) is 2. The van der Waals surface area contributed by atoms with E-state index in [9.17, 15) is 19.2 Å². The van der Waals surface area contributed by atoms with E-state index in [2.05, 4.69) is 0 Å². The van der Waals surface area contributed by atoms with Crippen LogP contribution in [0.15, 0.2) is 66.7 Å². The molecule has 6 rings (SSSR count). The van der Waals surface area contributed by atoms with E-state index < -0.39 is 46.9 Å². The van der Waals surface area contributed by atoms with Crippen LogP contribution in [0.5, 0.6) is 5.75 Å². The highest BCUT2D eigenvalue weighted by atomic mass is 35.5. The Morgan fingerprint density at radius 1 is 0.833 bits per heavy atom. The van der Waals surface area contributed by atoms with Gasteiger partial charge in [0.2, 0.25) is 29.0 Å². The molecule has 2 fully saturated rings. The van der Waals surface area contributed by atoms with Crippen LogP contribution < -0.4 is 9.64 Å². The van der Waals surface area contributed by atoms with Gasteiger partial charge in [-0.1, -0.05) is 59.6 Å². The molecule has 36 heavy (non-hydrogen) atoms. The van der Waals surface area contributed by atoms with Gasteiger partial charge < -0.3 is 9.47 Å². The Kier molecular flexibility index (Phi) is 5.09. The monoisotopic (exact) mass is 521 g/mol. The summed E-state index contributed by atoms with van der Waals surface area (Å²) in [6, 6.07) is 17.5. The van der Waals surface area contributed by atoms with Crippen molar-refractivity contribution in [2.75, 3.05) is 12.0 Å². The van der Waals surface area contributed by atoms with Crippen molar-refractivity contribution in [3.63, 3.8) is 0 Å². The lowest BCUT2D eigenvalue weighted by molar-refractivity contribution is -0.127. The number of hydrogen-bond donors (Lipinski definition) is 0. The molecule has 3 unspecified atom stereocenters. The normalized spacial score (nSPS) is 24.0. The van der Waals surface area contributed by atoms with E-state index in [4.69, 9.17) is 32.7 Å². The maximum atomic E-state index is 13.9. The topological polar surface area (TPSA) is 90.0 Å². The summed E-state index contributed by atoms with van der Waals surface area (Å²) < 4.78 is 11.4. The van der Waals surface area contributed by atoms with Crippen molar-refractivity contribution in [3.05, 3.63) is 93.5 Å². The average molecular weight is 522 g/mol. The van der Waals surface area contributed by atoms with Crippen molar-refractivity contribution in [1.29, 1.82) is 0 Å². The summed E-state index contributed by atoms with van der Waals surface area (Å²) in [4.78, 5) is 56.3. The Morgan fingerprint density at radius 2 is 1.47 bits per heavy atom. The first-order valence-electron chi connectivity index (χ1n) is 11.1. The number of Topliss-reactive ketones (excluding diaryl/α,β-unsaturated/α-hetero) is 2. The summed E-state index contributed by atoms with van der Waals surface area (Å²) >= 11 is 12.7. The number of hydrogen-bond acceptors (Lipinski definition) is 6. The fourth-order valence-electron chi connectivity index (χ4n) is 5.53. The van der Waals surface area contributed by atoms with Crippen LogP contribution in [0.25, 0.3) is 0 Å². The Hall–Kier alpha value is -3.52. The fraction of sp³-hybridized carbons (Fsp3) is 0.185. The van der Waals surface area contributed by atoms with Crippen molar-refractivity contribution < 1.29 is 28.7 Å². The number of nitrogens with zero attached hydrogens (tertiary/aromatic N) is 1. The first-order valence-corrected chi connectivity index (χ1v) is 11.9. The van der Waals surface area contributed by atoms with Gasteiger partial charge in [-0.25, -0.2) is 4.90 Å². The van der Waals surface area contributed by atoms with E-state index >= 15 is 0 Å². The van der Waals surface area contributed by atoms with E-state index in [-0.39, 0.29) is 21.2 Å². The predicted molar refractivity (Wildman–Crippen MR) is 131 cm³/mol. The van der Waals surface area contributed by atoms with Crippen LogP contribution in [-0.2, 0) is 14.3 Å². The standard InChI is InChI=1S/C27H17Cl2NO6/c1-35-14-11-9-13(10-12-14)30-25(33)19-20(26(30)34)27(23(31)15-5-2-3-6-16(15)24(27)32)36-22(19)17-7-4-8-18(28)21(17)29/h2-12,19-20,22H,1H3. The number of anilines is 1. The third kappa shape index (κ3) is 2.85. The molecule has 3 aromatic carbocycles. The minimum Gasteiger partial charge on any atom is -0.497 e. The zero-order valence-electron chi connectivity index (χ0n) is 18.7. The van der Waals surface area contributed by atoms with Gasteiger partial charge in [-0.05, 0) is 30.3 Å². The fourth-order valence-corrected chi connectivity index (χ4v) is 5.94. The van der Waals surface area contributed by atoms with Crippen LogP contribution >= 0.6 is 23.2 Å². The Balaban J connectivity index is 1.55. The van der Waals surface area contributed by atoms with Crippen LogP contribution in [0.3, 0.4) is 0 Å². The quantitative estimate of drug-likeness (QED) is 0.366. The molecule has 7 nitrogen and oxygen atoms in total. The molecule has 3 aliphatic rings. The lowest BCUT2D eigenvalue weighted by atomic mass is 9.77. The smallest absolute Gasteiger partial charge is 0.241 e. The van der Waals surface area contributed by atoms with E-state index in [0.29, 0.717) is 17.0 Å². The van der Waals surface area contributed by atoms with Crippen LogP contribution in [-0.4, -0.2) is 36.1 Å². The molecule has 0 N–H and O–H groups in total. The van der Waals surface area contributed by atoms with Crippen molar-refractivity contribution in [2.24, 2.45) is 11.8 Å². The zero-order valence-corrected chi connectivity index (χ0v) is 20.2. The van der Waals surface area contributed by atoms with Crippen molar-refractivity contribution >= 4 is 52.3 Å². The summed E-state index contributed by atoms with van der Waals surface area (Å²) in [5, 5.41) is 0.338. The minimum absolute atomic E-state index is 0.124. The van der Waals surface area contributed by atoms with E-state index in [0.717, 1.165) is 4.90 Å². The largest absolute Gasteiger partial charge is 0.497 e. The molecule has 1 aliphatic carbocycles. The molecule has 0 saturated carbocycles. The second kappa shape index (κ2) is 8.00. The summed E-state index contributed by atoms with van der Waals surface area (Å²) in [6.07, 6.45) is -1.15. The van der Waals surface area contributed by atoms with Gasteiger partial charge in [0.15, 0.2) is 0 Å². The number of carbonyl (C=O) groups is 4. The molecule has 9 heteroatoms. The number of carbonyl (C=O) groups excluding carboxylic acids is 4. The maximum Gasteiger partial charge on any atom is 0.241 e. The van der Waals surface area contributed by atoms with Gasteiger partial charge in [0.05, 0.1) is 40.8 Å². The molecule has 3 aromatic rings. The van der Waals surface area contributed by atoms with Gasteiger partial charge in [-0.15, -0.1) is 0 Å². The SMILES string of the molecule is COc1ccc(N2C(=O)C3C(c4cccc(Cl)c4Cl)OC4(C(=O)c5ccccc5C4=O)C3C2=O)cc1. The van der Waals surface area contributed by atoms with Crippen molar-refractivity contribution in [3.8, 4) is 5.75 Å². The van der Waals surface area contributed by atoms with Gasteiger partial charge in [-0.2, -0.15) is 0 Å². The van der Waals surface area contributed by atoms with Crippen molar-refractivity contribution in [2.45, 2.75) is 11.7 Å². The van der Waals surface area contributed by atoms with Crippen LogP contribution in [0, 0.1) is 11.8 Å². The summed E-state index contributed by atoms with van der Waals surface area (Å²) in [7, 11) is 1.50. The van der Waals surface area contributed by atoms with Gasteiger partial charge in [-0.3, -0.25) is 19.2 Å². The van der Waals surface area contributed by atoms with Gasteiger partial charge >= 0.3 is 0 Å². The third-order valence-electron chi connectivity index (χ3n) is 7.14. The molecule has 2 heterocycles. The molecule has 0 radical (unpaired) electrons. The summed E-state index contributed by atoms with van der Waals surface area (Å²) in [6.45, 7) is 0. The number of ketones is 2. The molecule has 2 amide bonds. The molecule has 0 aromatic heterocycles. The zero-order chi connectivity index (χ0) is 25.4. The van der Waals surface area contributed by atoms with Crippen LogP contribution in [0.2, 0.25) is 10.0 Å². The van der Waals surface area contributed by atoms with E-state index in [1.807, 2.05) is 0 Å². The first kappa shape index (κ1) is 22.9. The maximum absolute atomic E-state index is 13.9. The lowest BCUT2D eigenvalue weighted by Crippen LogP contribution is -2.51. The van der Waals surface area contributed by atoms with Crippen molar-refractivity contribution in [1.82, 2.24) is 0 Å². The van der Waals surface area contributed by atoms with Crippen LogP contribution in [0.4, 0.5) is 5.69 Å². The number of rotatable bonds is 3. The van der Waals surface area contributed by atoms with E-state index in [1.54, 1.807) is 54.6 Å². The van der Waals surface area contributed by atoms with E-state index in [1.165, 1.54) is 19.2 Å². The molecule has 0 bridgehead atoms. The molecule has 3 atom stereocenters. The highest BCUT2D eigenvalue weighted by molar-refractivity contribution is 6.42. The second-order valence-electron chi connectivity index (χ2n) is 8.83. The number of methoxy groups -OCH3 is 1. The molecular weight excluding hydrogens is 505 g/mol. The number of imide groups is 1. The first-order chi connectivity index (χ1) is 17.3. The van der Waals surface area contributed by atoms with Crippen LogP contribution in [0.1, 0.15) is 32.4 Å². The third-order valence-corrected chi connectivity index (χ3v) is 7.97. The van der Waals surface area contributed by atoms with Gasteiger partial charge in [0.1, 0.15) is 5.75 Å². The highest BCUT2D eigenvalue weighted by Gasteiger charge is 2.75. The van der Waals surface area contributed by atoms with Gasteiger partial charge in [0, 0.05) is 16.7 Å². The average Bonchev–Trinajstić information content (AvgIpc) is 3.46. The highest BCUT2D eigenvalue weighted by Crippen LogP contribution is 2.58. The predicted octanol–water partition coefficient (Wildman–Crippen LogP) is 4.70. The summed E-state index contributed by atoms with van der Waals surface area (Å²) in [5.41, 5.74) is -1.25. The molecule has 2 saturated heterocycles. The lowest BCUT2D eigenvalue weighted by Gasteiger charge is -2.27. The number of fused-ring (bicyclic) bond motifs is 3. The van der Waals surface area contributed by atoms with Gasteiger partial charge in [0.25, 0.3) is 0 Å². The number of halogens is 2. The number of amides is 2. The number of benzene rings is 3. The Labute approximate surface area is 215 Å². The Bertz CT molecular complexity index is 1450.